The Hall–Kier alpha value is -1.16. The Morgan fingerprint density at radius 3 is 2.55 bits per heavy atom. The number of hydrogen-bond donors (Lipinski definition) is 3. The molecule has 1 aromatic carbocycles. The lowest BCUT2D eigenvalue weighted by Crippen LogP contribution is -2.19. The molecule has 0 fully saturated rings. The molecule has 0 radical (unpaired) electrons. The van der Waals surface area contributed by atoms with Gasteiger partial charge in [-0.25, -0.2) is 4.98 Å². The summed E-state index contributed by atoms with van der Waals surface area (Å²) in [6, 6.07) is 8.20. The highest BCUT2D eigenvalue weighted by Gasteiger charge is 2.20. The average molecular weight is 422 g/mol. The van der Waals surface area contributed by atoms with Gasteiger partial charge in [-0.05, 0) is 46.3 Å². The number of sulfonamides is 1. The van der Waals surface area contributed by atoms with Crippen LogP contribution in [0.3, 0.4) is 0 Å². The second-order valence-corrected chi connectivity index (χ2v) is 7.10. The maximum Gasteiger partial charge on any atom is 0.281 e. The highest BCUT2D eigenvalue weighted by Crippen LogP contribution is 2.29. The Morgan fingerprint density at radius 1 is 1.15 bits per heavy atom. The van der Waals surface area contributed by atoms with Gasteiger partial charge in [0.05, 0.1) is 11.4 Å². The highest BCUT2D eigenvalue weighted by atomic mass is 79.9. The molecule has 6 nitrogen and oxygen atoms in total. The van der Waals surface area contributed by atoms with Crippen LogP contribution < -0.4 is 16.0 Å². The number of nitrogens with two attached hydrogens (primary N) is 1. The van der Waals surface area contributed by atoms with Crippen molar-refractivity contribution in [1.29, 1.82) is 0 Å². The van der Waals surface area contributed by atoms with E-state index in [1.54, 1.807) is 24.3 Å². The highest BCUT2D eigenvalue weighted by molar-refractivity contribution is 9.11. The molecular formula is C11H10Br2N4O2S. The smallest absolute Gasteiger partial charge is 0.281 e. The predicted octanol–water partition coefficient (Wildman–Crippen LogP) is 2.69. The van der Waals surface area contributed by atoms with Crippen molar-refractivity contribution in [2.24, 2.45) is 5.84 Å². The molecule has 0 atom stereocenters. The summed E-state index contributed by atoms with van der Waals surface area (Å²) in [5, 5.41) is -0.169. The molecule has 0 aliphatic heterocycles. The zero-order chi connectivity index (χ0) is 14.8. The van der Waals surface area contributed by atoms with Gasteiger partial charge in [-0.2, -0.15) is 8.42 Å². The van der Waals surface area contributed by atoms with Crippen LogP contribution in [-0.4, -0.2) is 13.4 Å². The number of hydrogen-bond acceptors (Lipinski definition) is 5. The number of rotatable bonds is 4. The van der Waals surface area contributed by atoms with Gasteiger partial charge in [-0.15, -0.1) is 0 Å². The third-order valence-electron chi connectivity index (χ3n) is 2.36. The number of nitrogen functional groups attached to an aromatic ring is 1. The van der Waals surface area contributed by atoms with Gasteiger partial charge in [0.25, 0.3) is 10.0 Å². The van der Waals surface area contributed by atoms with Crippen molar-refractivity contribution in [2.75, 3.05) is 10.1 Å². The number of pyridine rings is 1. The quantitative estimate of drug-likeness (QED) is 0.520. The summed E-state index contributed by atoms with van der Waals surface area (Å²) < 4.78 is 28.5. The minimum atomic E-state index is -3.84. The fraction of sp³-hybridized carbons (Fsp3) is 0. The summed E-state index contributed by atoms with van der Waals surface area (Å²) in [6.07, 6.45) is 1.38. The van der Waals surface area contributed by atoms with Crippen molar-refractivity contribution in [3.8, 4) is 0 Å². The molecule has 0 unspecified atom stereocenters. The SMILES string of the molecule is NNc1cccnc1S(=O)(=O)Nc1ccc(Br)cc1Br. The standard InChI is InChI=1S/C11H10Br2N4O2S/c12-7-3-4-9(8(13)6-7)17-20(18,19)11-10(16-14)2-1-5-15-11/h1-6,16-17H,14H2. The first-order chi connectivity index (χ1) is 9.44. The zero-order valence-electron chi connectivity index (χ0n) is 9.97. The van der Waals surface area contributed by atoms with Gasteiger partial charge in [-0.1, -0.05) is 15.9 Å². The predicted molar refractivity (Wildman–Crippen MR) is 84.7 cm³/mol. The molecule has 106 valence electrons. The molecule has 2 aromatic rings. The topological polar surface area (TPSA) is 97.1 Å². The first-order valence-corrected chi connectivity index (χ1v) is 8.40. The van der Waals surface area contributed by atoms with E-state index in [0.717, 1.165) is 4.47 Å². The third kappa shape index (κ3) is 3.29. The van der Waals surface area contributed by atoms with Crippen molar-refractivity contribution in [3.05, 3.63) is 45.5 Å². The zero-order valence-corrected chi connectivity index (χ0v) is 14.0. The van der Waals surface area contributed by atoms with Crippen LogP contribution in [0.2, 0.25) is 0 Å². The second-order valence-electron chi connectivity index (χ2n) is 3.73. The van der Waals surface area contributed by atoms with Crippen molar-refractivity contribution in [2.45, 2.75) is 5.03 Å². The Bertz CT molecular complexity index is 737. The average Bonchev–Trinajstić information content (AvgIpc) is 2.42. The molecule has 0 aliphatic rings. The first kappa shape index (κ1) is 15.2. The van der Waals surface area contributed by atoms with Crippen molar-refractivity contribution in [3.63, 3.8) is 0 Å². The molecule has 9 heteroatoms. The maximum absolute atomic E-state index is 12.3. The van der Waals surface area contributed by atoms with E-state index in [2.05, 4.69) is 47.0 Å². The van der Waals surface area contributed by atoms with Crippen LogP contribution in [0.15, 0.2) is 50.5 Å². The summed E-state index contributed by atoms with van der Waals surface area (Å²) in [5.41, 5.74) is 2.93. The van der Waals surface area contributed by atoms with Crippen LogP contribution in [-0.2, 0) is 10.0 Å². The van der Waals surface area contributed by atoms with Crippen molar-refractivity contribution >= 4 is 53.3 Å². The largest absolute Gasteiger partial charge is 0.321 e. The summed E-state index contributed by atoms with van der Waals surface area (Å²) in [5.74, 6) is 5.29. The van der Waals surface area contributed by atoms with Crippen LogP contribution >= 0.6 is 31.9 Å². The molecule has 0 bridgehead atoms. The summed E-state index contributed by atoms with van der Waals surface area (Å²) in [6.45, 7) is 0. The molecule has 20 heavy (non-hydrogen) atoms. The number of nitrogens with one attached hydrogen (secondary N) is 2. The lowest BCUT2D eigenvalue weighted by atomic mass is 10.3. The van der Waals surface area contributed by atoms with E-state index in [9.17, 15) is 8.42 Å². The number of benzene rings is 1. The number of halogens is 2. The van der Waals surface area contributed by atoms with Gasteiger partial charge in [-0.3, -0.25) is 10.6 Å². The van der Waals surface area contributed by atoms with Gasteiger partial charge in [0.15, 0.2) is 0 Å². The molecule has 0 saturated heterocycles. The van der Waals surface area contributed by atoms with Crippen LogP contribution in [0, 0.1) is 0 Å². The monoisotopic (exact) mass is 420 g/mol. The van der Waals surface area contributed by atoms with Gasteiger partial charge < -0.3 is 5.43 Å². The Kier molecular flexibility index (Phi) is 4.63. The maximum atomic E-state index is 12.3. The van der Waals surface area contributed by atoms with E-state index >= 15 is 0 Å². The minimum absolute atomic E-state index is 0.169. The van der Waals surface area contributed by atoms with Crippen molar-refractivity contribution in [1.82, 2.24) is 4.98 Å². The fourth-order valence-electron chi connectivity index (χ4n) is 1.48. The van der Waals surface area contributed by atoms with E-state index < -0.39 is 10.0 Å². The molecule has 1 heterocycles. The van der Waals surface area contributed by atoms with Gasteiger partial charge >= 0.3 is 0 Å². The Labute approximate surface area is 133 Å². The lowest BCUT2D eigenvalue weighted by Gasteiger charge is -2.12. The molecule has 0 amide bonds. The van der Waals surface area contributed by atoms with Crippen LogP contribution in [0.4, 0.5) is 11.4 Å². The van der Waals surface area contributed by atoms with Gasteiger partial charge in [0.1, 0.15) is 0 Å². The first-order valence-electron chi connectivity index (χ1n) is 5.33. The molecule has 0 aliphatic carbocycles. The fourth-order valence-corrected chi connectivity index (χ4v) is 3.94. The number of nitrogens with zero attached hydrogens (tertiary/aromatic N) is 1. The van der Waals surface area contributed by atoms with Gasteiger partial charge in [0.2, 0.25) is 5.03 Å². The van der Waals surface area contributed by atoms with E-state index in [1.165, 1.54) is 12.3 Å². The molecule has 2 rings (SSSR count). The van der Waals surface area contributed by atoms with E-state index in [1.807, 2.05) is 0 Å². The van der Waals surface area contributed by atoms with Crippen LogP contribution in [0.25, 0.3) is 0 Å². The summed E-state index contributed by atoms with van der Waals surface area (Å²) in [7, 11) is -3.84. The van der Waals surface area contributed by atoms with E-state index in [-0.39, 0.29) is 10.7 Å². The normalized spacial score (nSPS) is 11.2. The summed E-state index contributed by atoms with van der Waals surface area (Å²) in [4.78, 5) is 3.85. The second kappa shape index (κ2) is 6.08. The lowest BCUT2D eigenvalue weighted by molar-refractivity contribution is 0.598. The Morgan fingerprint density at radius 2 is 1.90 bits per heavy atom. The molecule has 0 spiro atoms. The minimum Gasteiger partial charge on any atom is -0.321 e. The number of hydrazine groups is 1. The molecule has 1 aromatic heterocycles. The van der Waals surface area contributed by atoms with Crippen LogP contribution in [0.1, 0.15) is 0 Å². The van der Waals surface area contributed by atoms with Crippen molar-refractivity contribution < 1.29 is 8.42 Å². The molecule has 4 N–H and O–H groups in total. The Balaban J connectivity index is 2.41. The number of anilines is 2. The van der Waals surface area contributed by atoms with Gasteiger partial charge in [0, 0.05) is 15.1 Å². The summed E-state index contributed by atoms with van der Waals surface area (Å²) >= 11 is 6.59. The molecule has 0 saturated carbocycles. The number of aromatic nitrogens is 1. The van der Waals surface area contributed by atoms with E-state index in [0.29, 0.717) is 10.2 Å². The van der Waals surface area contributed by atoms with Crippen LogP contribution in [0.5, 0.6) is 0 Å². The third-order valence-corrected chi connectivity index (χ3v) is 4.83. The molecular weight excluding hydrogens is 412 g/mol. The van der Waals surface area contributed by atoms with E-state index in [4.69, 9.17) is 5.84 Å².